The maximum atomic E-state index is 10.7. The molecule has 0 unspecified atom stereocenters. The largest absolute Gasteiger partial charge is 0.309 e. The Morgan fingerprint density at radius 2 is 0.473 bits per heavy atom. The number of rotatable bonds is 11. The van der Waals surface area contributed by atoms with Crippen molar-refractivity contribution in [3.8, 4) is 191 Å². The highest BCUT2D eigenvalue weighted by Gasteiger charge is 2.28. The highest BCUT2D eigenvalue weighted by Crippen LogP contribution is 2.47. The van der Waals surface area contributed by atoms with E-state index in [0.717, 1.165) is 0 Å². The number of nitriles is 13. The highest BCUT2D eigenvalue weighted by molar-refractivity contribution is 6.15. The molecule has 16 aromatic rings. The summed E-state index contributed by atoms with van der Waals surface area (Å²) in [6, 6.07) is 99.8. The van der Waals surface area contributed by atoms with Crippen molar-refractivity contribution in [2.24, 2.45) is 0 Å². The average molecular weight is 1420 g/mol. The van der Waals surface area contributed by atoms with Gasteiger partial charge >= 0.3 is 0 Å². The Hall–Kier alpha value is -18.2. The number of benzene rings is 13. The van der Waals surface area contributed by atoms with Gasteiger partial charge in [0.05, 0.1) is 185 Å². The molecule has 0 radical (unpaired) electrons. The zero-order valence-electron chi connectivity index (χ0n) is 58.1. The number of nitrogens with zero attached hydrogens (tertiary/aromatic N) is 18. The summed E-state index contributed by atoms with van der Waals surface area (Å²) in [5, 5.41) is 138. The summed E-state index contributed by atoms with van der Waals surface area (Å²) in [5.41, 5.74) is 12.6. The van der Waals surface area contributed by atoms with Gasteiger partial charge in [-0.1, -0.05) is 109 Å². The van der Waals surface area contributed by atoms with Gasteiger partial charge in [0.2, 0.25) is 0 Å². The molecule has 0 fully saturated rings. The van der Waals surface area contributed by atoms with Crippen LogP contribution in [0.3, 0.4) is 0 Å². The maximum absolute atomic E-state index is 10.7. The van der Waals surface area contributed by atoms with E-state index in [2.05, 4.69) is 83.5 Å². The minimum absolute atomic E-state index is 0.0833. The number of fused-ring (bicyclic) bond motifs is 6. The van der Waals surface area contributed by atoms with Crippen molar-refractivity contribution in [2.45, 2.75) is 0 Å². The molecule has 0 aliphatic rings. The Labute approximate surface area is 638 Å². The summed E-state index contributed by atoms with van der Waals surface area (Å²) in [6.45, 7) is 0. The molecule has 3 heterocycles. The third-order valence-corrected chi connectivity index (χ3v) is 19.8. The first-order valence-corrected chi connectivity index (χ1v) is 34.3. The lowest BCUT2D eigenvalue weighted by molar-refractivity contribution is 1.06. The molecular formula is C94H40N18. The molecule has 16 rings (SSSR count). The van der Waals surface area contributed by atoms with Gasteiger partial charge < -0.3 is 9.13 Å². The van der Waals surface area contributed by atoms with Crippen LogP contribution in [0, 0.1) is 147 Å². The molecule has 0 N–H and O–H groups in total. The van der Waals surface area contributed by atoms with Crippen molar-refractivity contribution in [1.82, 2.24) is 24.1 Å². The molecule has 3 aromatic heterocycles. The van der Waals surface area contributed by atoms with Gasteiger partial charge in [-0.25, -0.2) is 15.0 Å². The van der Waals surface area contributed by atoms with Gasteiger partial charge in [-0.05, 0) is 172 Å². The van der Waals surface area contributed by atoms with Crippen LogP contribution in [0.4, 0.5) is 0 Å². The Kier molecular flexibility index (Phi) is 17.1. The molecule has 0 aliphatic heterocycles. The minimum Gasteiger partial charge on any atom is -0.309 e. The second-order valence-corrected chi connectivity index (χ2v) is 25.9. The average Bonchev–Trinajstić information content (AvgIpc) is 1.56. The van der Waals surface area contributed by atoms with E-state index in [4.69, 9.17) is 15.0 Å². The summed E-state index contributed by atoms with van der Waals surface area (Å²) in [5.74, 6) is 0.898. The molecule has 0 saturated heterocycles. The first-order valence-electron chi connectivity index (χ1n) is 34.3. The fraction of sp³-hybridized carbons (Fsp3) is 0. The summed E-state index contributed by atoms with van der Waals surface area (Å²) >= 11 is 0. The van der Waals surface area contributed by atoms with E-state index in [9.17, 15) is 68.4 Å². The second-order valence-electron chi connectivity index (χ2n) is 25.9. The Balaban J connectivity index is 1.03. The van der Waals surface area contributed by atoms with Crippen molar-refractivity contribution >= 4 is 43.6 Å². The van der Waals surface area contributed by atoms with Crippen molar-refractivity contribution in [1.29, 1.82) is 68.4 Å². The van der Waals surface area contributed by atoms with Crippen molar-refractivity contribution in [3.63, 3.8) is 0 Å². The third kappa shape index (κ3) is 11.6. The predicted molar refractivity (Wildman–Crippen MR) is 419 cm³/mol. The lowest BCUT2D eigenvalue weighted by Crippen LogP contribution is -2.04. The topological polar surface area (TPSA) is 358 Å². The minimum atomic E-state index is 0.0833. The quantitative estimate of drug-likeness (QED) is 0.116. The molecule has 0 aliphatic carbocycles. The fourth-order valence-corrected chi connectivity index (χ4v) is 14.9. The molecule has 0 saturated carbocycles. The van der Waals surface area contributed by atoms with Gasteiger partial charge in [-0.3, -0.25) is 0 Å². The van der Waals surface area contributed by atoms with Gasteiger partial charge in [0.25, 0.3) is 0 Å². The SMILES string of the molecule is N#Cc1cccc(-c2ccc(-n3c4ccc(-c5c(C#N)cc(C#N)cc5C#N)cc4c4cc(-c5c(C#N)cc(C#N)cc5C#N)ccc43)c(-c3ccc(-n4c5ccc(-c6c(C#N)cc(C#N)cc6C#N)cc5c5cc(-c6c(C#N)cc(C#N)cc6C#N)ccc54)c(-c4nc(-c5ccccc5)nc(-c5ccccc5)n4)c3)c2)c1. The highest BCUT2D eigenvalue weighted by atomic mass is 15.1. The van der Waals surface area contributed by atoms with Crippen LogP contribution in [0.1, 0.15) is 72.3 Å². The summed E-state index contributed by atoms with van der Waals surface area (Å²) in [4.78, 5) is 15.9. The van der Waals surface area contributed by atoms with E-state index in [1.807, 2.05) is 156 Å². The van der Waals surface area contributed by atoms with Crippen LogP contribution in [0.25, 0.3) is 156 Å². The lowest BCUT2D eigenvalue weighted by atomic mass is 9.91. The number of aromatic nitrogens is 5. The number of hydrogen-bond donors (Lipinski definition) is 0. The molecule has 18 heteroatoms. The molecule has 0 amide bonds. The van der Waals surface area contributed by atoms with Crippen LogP contribution in [0.15, 0.2) is 243 Å². The monoisotopic (exact) mass is 1420 g/mol. The van der Waals surface area contributed by atoms with E-state index >= 15 is 0 Å². The van der Waals surface area contributed by atoms with Gasteiger partial charge in [-0.15, -0.1) is 0 Å². The van der Waals surface area contributed by atoms with E-state index in [0.29, 0.717) is 145 Å². The van der Waals surface area contributed by atoms with Crippen LogP contribution in [0.2, 0.25) is 0 Å². The van der Waals surface area contributed by atoms with E-state index < -0.39 is 0 Å². The van der Waals surface area contributed by atoms with E-state index in [-0.39, 0.29) is 83.7 Å². The molecular weight excluding hydrogens is 1380 g/mol. The Bertz CT molecular complexity index is 6990. The zero-order chi connectivity index (χ0) is 77.4. The zero-order valence-corrected chi connectivity index (χ0v) is 58.1. The molecule has 0 atom stereocenters. The van der Waals surface area contributed by atoms with Gasteiger partial charge in [0, 0.05) is 66.1 Å². The van der Waals surface area contributed by atoms with Gasteiger partial charge in [0.15, 0.2) is 17.5 Å². The normalized spacial score (nSPS) is 10.6. The summed E-state index contributed by atoms with van der Waals surface area (Å²) < 4.78 is 4.11. The fourth-order valence-electron chi connectivity index (χ4n) is 14.9. The van der Waals surface area contributed by atoms with Crippen molar-refractivity contribution in [2.75, 3.05) is 0 Å². The summed E-state index contributed by atoms with van der Waals surface area (Å²) in [6.07, 6.45) is 0. The smallest absolute Gasteiger partial charge is 0.166 e. The Morgan fingerprint density at radius 1 is 0.196 bits per heavy atom. The molecule has 112 heavy (non-hydrogen) atoms. The van der Waals surface area contributed by atoms with Crippen LogP contribution in [-0.4, -0.2) is 24.1 Å². The standard InChI is InChI=1S/C94H40N18/c95-41-54-8-7-13-61(26-54)62-14-20-82(111-83-22-16-64(88-68(46-100)27-55(42-96)28-69(88)47-101)37-77(83)78-38-65(17-23-84(78)111)89-70(48-102)29-56(43-97)30-71(89)49-103)76(35-62)63-15-21-87(81(36-63)94-109-92(59-9-3-1-4-10-59)108-93(110-94)60-11-5-2-6-12-60)112-85-24-18-66(90-72(50-104)31-57(44-98)32-73(90)51-105)39-79(85)80-40-67(19-25-86(80)112)91-74(52-106)33-58(45-99)34-75(91)53-107/h1-40H. The molecule has 0 bridgehead atoms. The third-order valence-electron chi connectivity index (χ3n) is 19.8. The van der Waals surface area contributed by atoms with Crippen LogP contribution in [-0.2, 0) is 0 Å². The van der Waals surface area contributed by atoms with Crippen LogP contribution in [0.5, 0.6) is 0 Å². The molecule has 13 aromatic carbocycles. The van der Waals surface area contributed by atoms with E-state index in [1.165, 1.54) is 48.5 Å². The number of hydrogen-bond acceptors (Lipinski definition) is 16. The first kappa shape index (κ1) is 68.3. The van der Waals surface area contributed by atoms with E-state index in [1.54, 1.807) is 42.5 Å². The lowest BCUT2D eigenvalue weighted by Gasteiger charge is -2.19. The first-order chi connectivity index (χ1) is 54.9. The molecule has 506 valence electrons. The maximum Gasteiger partial charge on any atom is 0.166 e. The summed E-state index contributed by atoms with van der Waals surface area (Å²) in [7, 11) is 0. The predicted octanol–water partition coefficient (Wildman–Crippen LogP) is 19.4. The van der Waals surface area contributed by atoms with Gasteiger partial charge in [-0.2, -0.15) is 68.4 Å². The van der Waals surface area contributed by atoms with Crippen molar-refractivity contribution < 1.29 is 0 Å². The second kappa shape index (κ2) is 28.1. The molecule has 18 nitrogen and oxygen atoms in total. The Morgan fingerprint density at radius 3 is 0.795 bits per heavy atom. The van der Waals surface area contributed by atoms with Gasteiger partial charge in [0.1, 0.15) is 0 Å². The van der Waals surface area contributed by atoms with Crippen LogP contribution >= 0.6 is 0 Å². The van der Waals surface area contributed by atoms with Crippen LogP contribution < -0.4 is 0 Å². The molecule has 0 spiro atoms. The van der Waals surface area contributed by atoms with Crippen molar-refractivity contribution in [3.05, 3.63) is 315 Å².